The number of ether oxygens (including phenoxy) is 1. The number of carboxylic acids is 1. The molecule has 3 aromatic rings. The Bertz CT molecular complexity index is 1080. The molecule has 1 fully saturated rings. The average molecular weight is 416 g/mol. The average Bonchev–Trinajstić information content (AvgIpc) is 3.41. The number of likely N-dealkylation sites (tertiary alicyclic amines) is 1. The van der Waals surface area contributed by atoms with Crippen molar-refractivity contribution in [3.05, 3.63) is 83.2 Å². The Morgan fingerprint density at radius 3 is 2.16 bits per heavy atom. The van der Waals surface area contributed by atoms with Gasteiger partial charge in [0.15, 0.2) is 0 Å². The van der Waals surface area contributed by atoms with Gasteiger partial charge in [-0.05, 0) is 52.6 Å². The number of aromatic amines is 1. The fourth-order valence-electron chi connectivity index (χ4n) is 4.97. The minimum Gasteiger partial charge on any atom is -0.477 e. The first-order valence-electron chi connectivity index (χ1n) is 10.6. The van der Waals surface area contributed by atoms with Crippen molar-refractivity contribution < 1.29 is 19.4 Å². The van der Waals surface area contributed by atoms with Crippen molar-refractivity contribution >= 4 is 12.1 Å². The number of carbonyl (C=O) groups excluding carboxylic acids is 1. The number of amides is 1. The molecule has 2 aromatic carbocycles. The van der Waals surface area contributed by atoms with E-state index in [0.717, 1.165) is 18.4 Å². The third-order valence-corrected chi connectivity index (χ3v) is 6.52. The number of nitrogens with one attached hydrogen (secondary N) is 1. The highest BCUT2D eigenvalue weighted by molar-refractivity contribution is 5.87. The molecule has 0 spiro atoms. The summed E-state index contributed by atoms with van der Waals surface area (Å²) in [5, 5.41) is 9.32. The van der Waals surface area contributed by atoms with Gasteiger partial charge in [-0.1, -0.05) is 48.5 Å². The summed E-state index contributed by atoms with van der Waals surface area (Å²) >= 11 is 0. The molecule has 1 aliphatic heterocycles. The molecule has 0 saturated carbocycles. The molecule has 1 saturated heterocycles. The van der Waals surface area contributed by atoms with Gasteiger partial charge in [0.2, 0.25) is 0 Å². The van der Waals surface area contributed by atoms with Crippen LogP contribution in [0.5, 0.6) is 0 Å². The molecule has 2 heterocycles. The van der Waals surface area contributed by atoms with Crippen molar-refractivity contribution in [2.75, 3.05) is 19.7 Å². The van der Waals surface area contributed by atoms with Gasteiger partial charge in [0.05, 0.1) is 0 Å². The number of nitrogens with zero attached hydrogens (tertiary/aromatic N) is 1. The van der Waals surface area contributed by atoms with Crippen LogP contribution in [0.2, 0.25) is 0 Å². The van der Waals surface area contributed by atoms with Gasteiger partial charge in [0.1, 0.15) is 12.3 Å². The van der Waals surface area contributed by atoms with Crippen LogP contribution in [0.15, 0.2) is 60.8 Å². The van der Waals surface area contributed by atoms with Crippen molar-refractivity contribution in [3.8, 4) is 11.1 Å². The van der Waals surface area contributed by atoms with E-state index in [4.69, 9.17) is 4.74 Å². The smallest absolute Gasteiger partial charge is 0.409 e. The van der Waals surface area contributed by atoms with Gasteiger partial charge in [0.25, 0.3) is 0 Å². The number of benzene rings is 2. The Morgan fingerprint density at radius 2 is 1.55 bits per heavy atom. The van der Waals surface area contributed by atoms with Crippen molar-refractivity contribution in [2.24, 2.45) is 0 Å². The first-order valence-corrected chi connectivity index (χ1v) is 10.6. The van der Waals surface area contributed by atoms with Gasteiger partial charge >= 0.3 is 12.1 Å². The molecule has 6 nitrogen and oxygen atoms in total. The van der Waals surface area contributed by atoms with Crippen molar-refractivity contribution in [3.63, 3.8) is 0 Å². The van der Waals surface area contributed by atoms with E-state index in [0.29, 0.717) is 19.7 Å². The van der Waals surface area contributed by atoms with Crippen LogP contribution in [0.3, 0.4) is 0 Å². The van der Waals surface area contributed by atoms with E-state index in [2.05, 4.69) is 29.2 Å². The molecule has 158 valence electrons. The first kappa shape index (κ1) is 19.4. The summed E-state index contributed by atoms with van der Waals surface area (Å²) in [5.74, 6) is -0.763. The Hall–Kier alpha value is -3.54. The highest BCUT2D eigenvalue weighted by Gasteiger charge is 2.31. The molecule has 1 aliphatic carbocycles. The Balaban J connectivity index is 1.22. The normalized spacial score (nSPS) is 16.1. The van der Waals surface area contributed by atoms with Gasteiger partial charge < -0.3 is 19.7 Å². The van der Waals surface area contributed by atoms with E-state index in [1.54, 1.807) is 11.1 Å². The molecule has 0 unspecified atom stereocenters. The predicted molar refractivity (Wildman–Crippen MR) is 116 cm³/mol. The summed E-state index contributed by atoms with van der Waals surface area (Å²) in [7, 11) is 0. The third-order valence-electron chi connectivity index (χ3n) is 6.52. The van der Waals surface area contributed by atoms with Gasteiger partial charge in [-0.3, -0.25) is 0 Å². The largest absolute Gasteiger partial charge is 0.477 e. The van der Waals surface area contributed by atoms with Crippen LogP contribution in [0, 0.1) is 0 Å². The monoisotopic (exact) mass is 416 g/mol. The second kappa shape index (κ2) is 7.95. The maximum atomic E-state index is 12.8. The van der Waals surface area contributed by atoms with E-state index < -0.39 is 5.97 Å². The van der Waals surface area contributed by atoms with Crippen LogP contribution in [0.25, 0.3) is 11.1 Å². The van der Waals surface area contributed by atoms with Gasteiger partial charge in [-0.15, -0.1) is 0 Å². The highest BCUT2D eigenvalue weighted by atomic mass is 16.6. The highest BCUT2D eigenvalue weighted by Crippen LogP contribution is 2.44. The molecule has 1 aromatic heterocycles. The van der Waals surface area contributed by atoms with Gasteiger partial charge in [-0.2, -0.15) is 0 Å². The zero-order valence-electron chi connectivity index (χ0n) is 17.1. The molecule has 0 atom stereocenters. The van der Waals surface area contributed by atoms with E-state index in [-0.39, 0.29) is 23.6 Å². The number of aromatic nitrogens is 1. The number of piperidine rings is 1. The summed E-state index contributed by atoms with van der Waals surface area (Å²) in [4.78, 5) is 28.7. The molecule has 2 N–H and O–H groups in total. The second-order valence-electron chi connectivity index (χ2n) is 8.18. The zero-order chi connectivity index (χ0) is 21.4. The van der Waals surface area contributed by atoms with E-state index in [1.807, 2.05) is 30.3 Å². The number of hydrogen-bond acceptors (Lipinski definition) is 3. The van der Waals surface area contributed by atoms with Crippen LogP contribution in [-0.4, -0.2) is 46.7 Å². The molecule has 31 heavy (non-hydrogen) atoms. The van der Waals surface area contributed by atoms with E-state index in [9.17, 15) is 14.7 Å². The molecule has 6 heteroatoms. The molecule has 1 amide bonds. The fraction of sp³-hybridized carbons (Fsp3) is 0.280. The summed E-state index contributed by atoms with van der Waals surface area (Å²) in [6, 6.07) is 18.4. The zero-order valence-corrected chi connectivity index (χ0v) is 17.1. The lowest BCUT2D eigenvalue weighted by Crippen LogP contribution is -2.38. The lowest BCUT2D eigenvalue weighted by molar-refractivity contribution is 0.0686. The number of H-pyrrole nitrogens is 1. The van der Waals surface area contributed by atoms with Crippen LogP contribution >= 0.6 is 0 Å². The first-order chi connectivity index (χ1) is 15.1. The van der Waals surface area contributed by atoms with Crippen molar-refractivity contribution in [2.45, 2.75) is 24.7 Å². The lowest BCUT2D eigenvalue weighted by Gasteiger charge is -2.31. The quantitative estimate of drug-likeness (QED) is 0.637. The van der Waals surface area contributed by atoms with E-state index >= 15 is 0 Å². The fourth-order valence-corrected chi connectivity index (χ4v) is 4.97. The number of fused-ring (bicyclic) bond motifs is 3. The van der Waals surface area contributed by atoms with Gasteiger partial charge in [0, 0.05) is 25.2 Å². The van der Waals surface area contributed by atoms with E-state index in [1.165, 1.54) is 22.3 Å². The number of aromatic carboxylic acids is 1. The van der Waals surface area contributed by atoms with Crippen molar-refractivity contribution in [1.82, 2.24) is 9.88 Å². The summed E-state index contributed by atoms with van der Waals surface area (Å²) in [5.41, 5.74) is 5.88. The molecule has 0 radical (unpaired) electrons. The maximum absolute atomic E-state index is 12.8. The van der Waals surface area contributed by atoms with Crippen LogP contribution in [-0.2, 0) is 4.74 Å². The lowest BCUT2D eigenvalue weighted by atomic mass is 9.89. The molecule has 0 bridgehead atoms. The minimum absolute atomic E-state index is 0.0480. The van der Waals surface area contributed by atoms with Crippen LogP contribution in [0.1, 0.15) is 51.9 Å². The Labute approximate surface area is 180 Å². The summed E-state index contributed by atoms with van der Waals surface area (Å²) < 4.78 is 5.75. The number of hydrogen-bond donors (Lipinski definition) is 2. The number of rotatable bonds is 4. The predicted octanol–water partition coefficient (Wildman–Crippen LogP) is 4.84. The van der Waals surface area contributed by atoms with Gasteiger partial charge in [-0.25, -0.2) is 9.59 Å². The number of carboxylic acid groups (broad SMARTS) is 1. The Morgan fingerprint density at radius 1 is 0.935 bits per heavy atom. The molecule has 5 rings (SSSR count). The minimum atomic E-state index is -0.945. The SMILES string of the molecule is O=C(O)c1[nH]ccc1C1CCN(C(=O)OCC2c3ccccc3-c3ccccc32)CC1. The summed E-state index contributed by atoms with van der Waals surface area (Å²) in [6.45, 7) is 1.44. The molecular formula is C25H24N2O4. The Kier molecular flexibility index (Phi) is 4.98. The maximum Gasteiger partial charge on any atom is 0.409 e. The molecular weight excluding hydrogens is 392 g/mol. The number of carbonyl (C=O) groups is 2. The van der Waals surface area contributed by atoms with Crippen LogP contribution in [0.4, 0.5) is 4.79 Å². The van der Waals surface area contributed by atoms with Crippen molar-refractivity contribution in [1.29, 1.82) is 0 Å². The topological polar surface area (TPSA) is 82.6 Å². The standard InChI is InChI=1S/C25H24N2O4/c28-24(29)23-17(9-12-26-23)16-10-13-27(14-11-16)25(30)31-15-22-20-7-3-1-5-18(20)19-6-2-4-8-21(19)22/h1-9,12,16,22,26H,10-11,13-15H2,(H,28,29). The molecule has 2 aliphatic rings. The summed E-state index contributed by atoms with van der Waals surface area (Å²) in [6.07, 6.45) is 2.81. The second-order valence-corrected chi connectivity index (χ2v) is 8.18. The van der Waals surface area contributed by atoms with Crippen LogP contribution < -0.4 is 0 Å². The third kappa shape index (κ3) is 3.48.